The Morgan fingerprint density at radius 3 is 2.94 bits per heavy atom. The zero-order valence-corrected chi connectivity index (χ0v) is 10.0. The fourth-order valence-corrected chi connectivity index (χ4v) is 1.53. The van der Waals surface area contributed by atoms with Crippen LogP contribution >= 0.6 is 15.9 Å². The Hall–Kier alpha value is -1.62. The minimum atomic E-state index is -0.0763. The van der Waals surface area contributed by atoms with Gasteiger partial charge in [0.1, 0.15) is 0 Å². The van der Waals surface area contributed by atoms with Gasteiger partial charge in [0.15, 0.2) is 0 Å². The van der Waals surface area contributed by atoms with E-state index in [1.54, 1.807) is 12.5 Å². The smallest absolute Gasteiger partial charge is 0.235 e. The van der Waals surface area contributed by atoms with Crippen molar-refractivity contribution in [3.05, 3.63) is 43.0 Å². The van der Waals surface area contributed by atoms with E-state index in [1.165, 1.54) is 0 Å². The van der Waals surface area contributed by atoms with Crippen molar-refractivity contribution in [1.29, 1.82) is 0 Å². The maximum absolute atomic E-state index is 11.3. The Kier molecular flexibility index (Phi) is 3.36. The number of amides is 1. The molecule has 16 heavy (non-hydrogen) atoms. The molecule has 1 amide bonds. The van der Waals surface area contributed by atoms with Gasteiger partial charge in [-0.15, -0.1) is 0 Å². The van der Waals surface area contributed by atoms with Gasteiger partial charge >= 0.3 is 0 Å². The minimum absolute atomic E-state index is 0.0763. The van der Waals surface area contributed by atoms with Crippen molar-refractivity contribution in [2.75, 3.05) is 10.6 Å². The molecule has 0 atom stereocenters. The van der Waals surface area contributed by atoms with Crippen LogP contribution in [-0.2, 0) is 4.79 Å². The van der Waals surface area contributed by atoms with Gasteiger partial charge in [-0.05, 0) is 12.1 Å². The molecule has 0 saturated heterocycles. The molecule has 1 aromatic carbocycles. The predicted molar refractivity (Wildman–Crippen MR) is 66.0 cm³/mol. The summed E-state index contributed by atoms with van der Waals surface area (Å²) >= 11 is 3.11. The summed E-state index contributed by atoms with van der Waals surface area (Å²) in [4.78, 5) is 15.3. The highest BCUT2D eigenvalue weighted by molar-refractivity contribution is 9.09. The lowest BCUT2D eigenvalue weighted by Crippen LogP contribution is -2.13. The minimum Gasteiger partial charge on any atom is -0.324 e. The Morgan fingerprint density at radius 1 is 1.44 bits per heavy atom. The van der Waals surface area contributed by atoms with Crippen LogP contribution < -0.4 is 5.32 Å². The van der Waals surface area contributed by atoms with E-state index in [0.29, 0.717) is 0 Å². The zero-order chi connectivity index (χ0) is 11.4. The fourth-order valence-electron chi connectivity index (χ4n) is 1.39. The van der Waals surface area contributed by atoms with Crippen LogP contribution in [0.25, 0.3) is 5.69 Å². The van der Waals surface area contributed by atoms with Crippen molar-refractivity contribution in [2.24, 2.45) is 0 Å². The summed E-state index contributed by atoms with van der Waals surface area (Å²) in [6.45, 7) is 0. The van der Waals surface area contributed by atoms with Gasteiger partial charge < -0.3 is 9.88 Å². The molecule has 82 valence electrons. The van der Waals surface area contributed by atoms with Crippen molar-refractivity contribution in [1.82, 2.24) is 9.55 Å². The van der Waals surface area contributed by atoms with Gasteiger partial charge in [-0.25, -0.2) is 4.98 Å². The predicted octanol–water partition coefficient (Wildman–Crippen LogP) is 2.21. The van der Waals surface area contributed by atoms with Crippen LogP contribution in [0.2, 0.25) is 0 Å². The molecule has 0 aliphatic carbocycles. The second-order valence-electron chi connectivity index (χ2n) is 3.17. The number of hydrogen-bond acceptors (Lipinski definition) is 2. The molecule has 1 N–H and O–H groups in total. The molecule has 4 nitrogen and oxygen atoms in total. The third-order valence-electron chi connectivity index (χ3n) is 2.08. The first kappa shape index (κ1) is 10.9. The van der Waals surface area contributed by atoms with Crippen molar-refractivity contribution < 1.29 is 4.79 Å². The van der Waals surface area contributed by atoms with E-state index < -0.39 is 0 Å². The molecule has 0 spiro atoms. The maximum atomic E-state index is 11.3. The van der Waals surface area contributed by atoms with E-state index in [9.17, 15) is 4.79 Å². The molecule has 0 saturated carbocycles. The molecule has 0 radical (unpaired) electrons. The number of aromatic nitrogens is 2. The number of alkyl halides is 1. The monoisotopic (exact) mass is 279 g/mol. The van der Waals surface area contributed by atoms with Crippen molar-refractivity contribution in [3.8, 4) is 5.69 Å². The van der Waals surface area contributed by atoms with Gasteiger partial charge in [-0.2, -0.15) is 0 Å². The Bertz CT molecular complexity index is 482. The SMILES string of the molecule is O=C(CBr)Nc1ccccc1-n1ccnc1. The largest absolute Gasteiger partial charge is 0.324 e. The van der Waals surface area contributed by atoms with Crippen LogP contribution in [0, 0.1) is 0 Å². The number of nitrogens with zero attached hydrogens (tertiary/aromatic N) is 2. The zero-order valence-electron chi connectivity index (χ0n) is 8.43. The number of carbonyl (C=O) groups is 1. The summed E-state index contributed by atoms with van der Waals surface area (Å²) in [5.74, 6) is -0.0763. The standard InChI is InChI=1S/C11H10BrN3O/c12-7-11(16)14-9-3-1-2-4-10(9)15-6-5-13-8-15/h1-6,8H,7H2,(H,14,16). The van der Waals surface area contributed by atoms with Crippen LogP contribution in [0.3, 0.4) is 0 Å². The van der Waals surface area contributed by atoms with Crippen molar-refractivity contribution >= 4 is 27.5 Å². The molecule has 0 unspecified atom stereocenters. The Labute approximate surface area is 101 Å². The molecule has 1 aromatic heterocycles. The van der Waals surface area contributed by atoms with E-state index in [0.717, 1.165) is 11.4 Å². The van der Waals surface area contributed by atoms with Crippen LogP contribution in [-0.4, -0.2) is 20.8 Å². The number of hydrogen-bond donors (Lipinski definition) is 1. The lowest BCUT2D eigenvalue weighted by Gasteiger charge is -2.10. The Balaban J connectivity index is 2.35. The summed E-state index contributed by atoms with van der Waals surface area (Å²) in [7, 11) is 0. The number of anilines is 1. The lowest BCUT2D eigenvalue weighted by atomic mass is 10.2. The van der Waals surface area contributed by atoms with Gasteiger partial charge in [0.25, 0.3) is 0 Å². The molecule has 2 rings (SSSR count). The molecular weight excluding hydrogens is 270 g/mol. The molecule has 0 bridgehead atoms. The highest BCUT2D eigenvalue weighted by atomic mass is 79.9. The quantitative estimate of drug-likeness (QED) is 0.876. The molecular formula is C11H10BrN3O. The van der Waals surface area contributed by atoms with Gasteiger partial charge in [0, 0.05) is 12.4 Å². The summed E-state index contributed by atoms with van der Waals surface area (Å²) in [5, 5.41) is 3.10. The Morgan fingerprint density at radius 2 is 2.25 bits per heavy atom. The fraction of sp³-hybridized carbons (Fsp3) is 0.0909. The summed E-state index contributed by atoms with van der Waals surface area (Å²) in [6, 6.07) is 7.57. The average Bonchev–Trinajstić information content (AvgIpc) is 2.83. The van der Waals surface area contributed by atoms with Gasteiger partial charge in [0.2, 0.25) is 5.91 Å². The summed E-state index contributed by atoms with van der Waals surface area (Å²) in [6.07, 6.45) is 5.22. The summed E-state index contributed by atoms with van der Waals surface area (Å²) < 4.78 is 1.85. The van der Waals surface area contributed by atoms with E-state index >= 15 is 0 Å². The molecule has 0 aliphatic rings. The number of imidazole rings is 1. The van der Waals surface area contributed by atoms with E-state index in [2.05, 4.69) is 26.2 Å². The number of para-hydroxylation sites is 2. The van der Waals surface area contributed by atoms with Gasteiger partial charge in [-0.3, -0.25) is 4.79 Å². The van der Waals surface area contributed by atoms with E-state index in [4.69, 9.17) is 0 Å². The van der Waals surface area contributed by atoms with Crippen LogP contribution in [0.15, 0.2) is 43.0 Å². The third kappa shape index (κ3) is 2.30. The molecule has 5 heteroatoms. The highest BCUT2D eigenvalue weighted by Gasteiger charge is 2.05. The number of nitrogens with one attached hydrogen (secondary N) is 1. The molecule has 0 aliphatic heterocycles. The maximum Gasteiger partial charge on any atom is 0.235 e. The number of halogens is 1. The number of rotatable bonds is 3. The first-order valence-electron chi connectivity index (χ1n) is 4.74. The van der Waals surface area contributed by atoms with Crippen molar-refractivity contribution in [3.63, 3.8) is 0 Å². The van der Waals surface area contributed by atoms with Crippen LogP contribution in [0.5, 0.6) is 0 Å². The highest BCUT2D eigenvalue weighted by Crippen LogP contribution is 2.19. The molecule has 0 fully saturated rings. The third-order valence-corrected chi connectivity index (χ3v) is 2.59. The van der Waals surface area contributed by atoms with Crippen LogP contribution in [0.4, 0.5) is 5.69 Å². The van der Waals surface area contributed by atoms with E-state index in [1.807, 2.05) is 35.0 Å². The van der Waals surface area contributed by atoms with E-state index in [-0.39, 0.29) is 11.2 Å². The topological polar surface area (TPSA) is 46.9 Å². The number of benzene rings is 1. The average molecular weight is 280 g/mol. The second-order valence-corrected chi connectivity index (χ2v) is 3.73. The summed E-state index contributed by atoms with van der Waals surface area (Å²) in [5.41, 5.74) is 1.67. The first-order chi connectivity index (χ1) is 7.81. The molecule has 1 heterocycles. The second kappa shape index (κ2) is 4.94. The van der Waals surface area contributed by atoms with Gasteiger partial charge in [0.05, 0.1) is 23.0 Å². The number of carbonyl (C=O) groups excluding carboxylic acids is 1. The lowest BCUT2D eigenvalue weighted by molar-refractivity contribution is -0.113. The van der Waals surface area contributed by atoms with Gasteiger partial charge in [-0.1, -0.05) is 28.1 Å². The first-order valence-corrected chi connectivity index (χ1v) is 5.86. The van der Waals surface area contributed by atoms with Crippen molar-refractivity contribution in [2.45, 2.75) is 0 Å². The normalized spacial score (nSPS) is 10.1. The van der Waals surface area contributed by atoms with Crippen LogP contribution in [0.1, 0.15) is 0 Å². The molecule has 2 aromatic rings.